The smallest absolute Gasteiger partial charge is 0.0607 e. The van der Waals surface area contributed by atoms with Crippen LogP contribution in [-0.2, 0) is 0 Å². The summed E-state index contributed by atoms with van der Waals surface area (Å²) in [6.45, 7) is 13.6. The summed E-state index contributed by atoms with van der Waals surface area (Å²) in [5.41, 5.74) is 0.430. The third-order valence-electron chi connectivity index (χ3n) is 4.07. The molecule has 0 radical (unpaired) electrons. The molecule has 0 heterocycles. The number of rotatable bonds is 0. The van der Waals surface area contributed by atoms with Crippen LogP contribution in [0.25, 0.3) is 0 Å². The molecule has 16 heavy (non-hydrogen) atoms. The second-order valence-corrected chi connectivity index (χ2v) is 9.27. The quantitative estimate of drug-likeness (QED) is 0.517. The summed E-state index contributed by atoms with van der Waals surface area (Å²) in [5, 5.41) is 10.6. The molecule has 1 nitrogen and oxygen atoms in total. The number of hydrogen-bond donors (Lipinski definition) is 1. The van der Waals surface area contributed by atoms with Gasteiger partial charge in [0.2, 0.25) is 0 Å². The number of hydrogen-bond acceptors (Lipinski definition) is 1. The average molecular weight is 338 g/mol. The van der Waals surface area contributed by atoms with Crippen LogP contribution < -0.4 is 0 Å². The SMILES string of the molecule is CC(C)(C)C1CC(I)CC(C(C)(C)C)C1O. The predicted octanol–water partition coefficient (Wildman–Crippen LogP) is 4.27. The minimum Gasteiger partial charge on any atom is -0.393 e. The summed E-state index contributed by atoms with van der Waals surface area (Å²) in [7, 11) is 0. The number of halogens is 1. The molecule has 1 aliphatic rings. The predicted molar refractivity (Wildman–Crippen MR) is 78.9 cm³/mol. The normalized spacial score (nSPS) is 37.5. The minimum absolute atomic E-state index is 0.133. The fourth-order valence-electron chi connectivity index (χ4n) is 2.94. The zero-order chi connectivity index (χ0) is 12.7. The van der Waals surface area contributed by atoms with Crippen molar-refractivity contribution in [1.82, 2.24) is 0 Å². The lowest BCUT2D eigenvalue weighted by atomic mass is 9.61. The van der Waals surface area contributed by atoms with Crippen LogP contribution >= 0.6 is 22.6 Å². The Bertz CT molecular complexity index is 212. The zero-order valence-electron chi connectivity index (χ0n) is 11.5. The van der Waals surface area contributed by atoms with Gasteiger partial charge in [0.05, 0.1) is 6.10 Å². The van der Waals surface area contributed by atoms with Gasteiger partial charge in [-0.25, -0.2) is 0 Å². The maximum atomic E-state index is 10.6. The molecule has 2 unspecified atom stereocenters. The van der Waals surface area contributed by atoms with E-state index in [0.717, 1.165) is 16.8 Å². The monoisotopic (exact) mass is 338 g/mol. The van der Waals surface area contributed by atoms with E-state index in [1.165, 1.54) is 0 Å². The first-order chi connectivity index (χ1) is 7.03. The van der Waals surface area contributed by atoms with Crippen molar-refractivity contribution in [3.63, 3.8) is 0 Å². The van der Waals surface area contributed by atoms with Crippen molar-refractivity contribution < 1.29 is 5.11 Å². The van der Waals surface area contributed by atoms with Gasteiger partial charge >= 0.3 is 0 Å². The molecular formula is C14H27IO. The van der Waals surface area contributed by atoms with Gasteiger partial charge in [0.15, 0.2) is 0 Å². The maximum Gasteiger partial charge on any atom is 0.0607 e. The molecule has 0 saturated heterocycles. The highest BCUT2D eigenvalue weighted by Crippen LogP contribution is 2.48. The van der Waals surface area contributed by atoms with Gasteiger partial charge in [0.25, 0.3) is 0 Å². The first-order valence-electron chi connectivity index (χ1n) is 6.35. The van der Waals surface area contributed by atoms with Gasteiger partial charge in [-0.1, -0.05) is 64.1 Å². The van der Waals surface area contributed by atoms with Crippen LogP contribution in [0.15, 0.2) is 0 Å². The summed E-state index contributed by atoms with van der Waals surface area (Å²) in [6.07, 6.45) is 2.20. The van der Waals surface area contributed by atoms with Crippen LogP contribution in [0.1, 0.15) is 54.4 Å². The Labute approximate surface area is 115 Å². The molecule has 1 aliphatic carbocycles. The van der Waals surface area contributed by atoms with Crippen LogP contribution in [0.2, 0.25) is 0 Å². The lowest BCUT2D eigenvalue weighted by Crippen LogP contribution is -2.47. The molecule has 0 amide bonds. The Kier molecular flexibility index (Phi) is 4.38. The second-order valence-electron chi connectivity index (χ2n) is 7.50. The van der Waals surface area contributed by atoms with Gasteiger partial charge in [-0.15, -0.1) is 0 Å². The Morgan fingerprint density at radius 1 is 0.875 bits per heavy atom. The molecule has 0 spiro atoms. The van der Waals surface area contributed by atoms with E-state index in [4.69, 9.17) is 0 Å². The van der Waals surface area contributed by atoms with E-state index in [1.807, 2.05) is 0 Å². The van der Waals surface area contributed by atoms with Crippen molar-refractivity contribution in [2.45, 2.75) is 64.4 Å². The molecule has 1 rings (SSSR count). The molecule has 0 aromatic heterocycles. The number of alkyl halides is 1. The van der Waals surface area contributed by atoms with Crippen molar-refractivity contribution in [2.24, 2.45) is 22.7 Å². The molecule has 0 aromatic carbocycles. The van der Waals surface area contributed by atoms with Crippen molar-refractivity contribution >= 4 is 22.6 Å². The summed E-state index contributed by atoms with van der Waals surface area (Å²) in [5.74, 6) is 0.875. The van der Waals surface area contributed by atoms with Gasteiger partial charge in [-0.2, -0.15) is 0 Å². The van der Waals surface area contributed by atoms with Crippen LogP contribution in [0.4, 0.5) is 0 Å². The molecule has 2 atom stereocenters. The molecule has 0 bridgehead atoms. The molecule has 2 heteroatoms. The van der Waals surface area contributed by atoms with Gasteiger partial charge in [-0.05, 0) is 35.5 Å². The van der Waals surface area contributed by atoms with Crippen LogP contribution in [-0.4, -0.2) is 15.1 Å². The number of aliphatic hydroxyl groups is 1. The lowest BCUT2D eigenvalue weighted by molar-refractivity contribution is -0.0625. The van der Waals surface area contributed by atoms with E-state index in [0.29, 0.717) is 11.8 Å². The van der Waals surface area contributed by atoms with E-state index >= 15 is 0 Å². The third-order valence-corrected chi connectivity index (χ3v) is 5.09. The summed E-state index contributed by atoms with van der Waals surface area (Å²) < 4.78 is 0.717. The Morgan fingerprint density at radius 3 is 1.44 bits per heavy atom. The first kappa shape index (κ1) is 14.7. The standard InChI is InChI=1S/C14H27IO/c1-13(2,3)10-7-9(15)8-11(12(10)16)14(4,5)6/h9-12,16H,7-8H2,1-6H3. The highest BCUT2D eigenvalue weighted by molar-refractivity contribution is 14.1. The zero-order valence-corrected chi connectivity index (χ0v) is 13.7. The van der Waals surface area contributed by atoms with Crippen molar-refractivity contribution in [2.75, 3.05) is 0 Å². The van der Waals surface area contributed by atoms with E-state index < -0.39 is 0 Å². The molecule has 96 valence electrons. The van der Waals surface area contributed by atoms with E-state index in [1.54, 1.807) is 0 Å². The van der Waals surface area contributed by atoms with Crippen LogP contribution in [0.3, 0.4) is 0 Å². The van der Waals surface area contributed by atoms with Crippen LogP contribution in [0.5, 0.6) is 0 Å². The Balaban J connectivity index is 2.91. The largest absolute Gasteiger partial charge is 0.393 e. The van der Waals surface area contributed by atoms with Gasteiger partial charge in [0, 0.05) is 3.92 Å². The fraction of sp³-hybridized carbons (Fsp3) is 1.00. The van der Waals surface area contributed by atoms with E-state index in [9.17, 15) is 5.11 Å². The lowest BCUT2D eigenvalue weighted by Gasteiger charge is -2.48. The molecule has 0 aliphatic heterocycles. The highest BCUT2D eigenvalue weighted by Gasteiger charge is 2.45. The first-order valence-corrected chi connectivity index (χ1v) is 7.60. The molecule has 1 saturated carbocycles. The Hall–Kier alpha value is 0.690. The summed E-state index contributed by atoms with van der Waals surface area (Å²) in [6, 6.07) is 0. The number of aliphatic hydroxyl groups excluding tert-OH is 1. The molecule has 1 fully saturated rings. The fourth-order valence-corrected chi connectivity index (χ4v) is 4.03. The van der Waals surface area contributed by atoms with Crippen molar-refractivity contribution in [1.29, 1.82) is 0 Å². The molecule has 1 N–H and O–H groups in total. The van der Waals surface area contributed by atoms with Gasteiger partial charge in [0.1, 0.15) is 0 Å². The average Bonchev–Trinajstić information content (AvgIpc) is 2.04. The van der Waals surface area contributed by atoms with Crippen molar-refractivity contribution in [3.05, 3.63) is 0 Å². The van der Waals surface area contributed by atoms with Gasteiger partial charge in [-0.3, -0.25) is 0 Å². The minimum atomic E-state index is -0.133. The Morgan fingerprint density at radius 2 is 1.19 bits per heavy atom. The maximum absolute atomic E-state index is 10.6. The van der Waals surface area contributed by atoms with Crippen LogP contribution in [0, 0.1) is 22.7 Å². The second kappa shape index (κ2) is 4.75. The summed E-state index contributed by atoms with van der Waals surface area (Å²) in [4.78, 5) is 0. The van der Waals surface area contributed by atoms with E-state index in [2.05, 4.69) is 64.1 Å². The highest BCUT2D eigenvalue weighted by atomic mass is 127. The van der Waals surface area contributed by atoms with E-state index in [-0.39, 0.29) is 16.9 Å². The summed E-state index contributed by atoms with van der Waals surface area (Å²) >= 11 is 2.57. The molecule has 0 aromatic rings. The molecular weight excluding hydrogens is 311 g/mol. The van der Waals surface area contributed by atoms with Crippen molar-refractivity contribution in [3.8, 4) is 0 Å². The third kappa shape index (κ3) is 3.34. The van der Waals surface area contributed by atoms with Gasteiger partial charge < -0.3 is 5.11 Å². The topological polar surface area (TPSA) is 20.2 Å².